The summed E-state index contributed by atoms with van der Waals surface area (Å²) < 4.78 is 10.4. The molecule has 0 unspecified atom stereocenters. The molecule has 29 heavy (non-hydrogen) atoms. The molecular formula is C21H28N2O6. The second-order valence-electron chi connectivity index (χ2n) is 7.88. The summed E-state index contributed by atoms with van der Waals surface area (Å²) in [4.78, 5) is 37.1. The lowest BCUT2D eigenvalue weighted by Crippen LogP contribution is -2.41. The Bertz CT molecular complexity index is 746. The molecule has 0 saturated carbocycles. The number of benzene rings is 1. The predicted molar refractivity (Wildman–Crippen MR) is 106 cm³/mol. The first-order chi connectivity index (χ1) is 13.6. The van der Waals surface area contributed by atoms with Crippen LogP contribution in [0.25, 0.3) is 0 Å². The summed E-state index contributed by atoms with van der Waals surface area (Å²) in [6.07, 6.45) is 1.47. The van der Waals surface area contributed by atoms with Gasteiger partial charge < -0.3 is 19.5 Å². The van der Waals surface area contributed by atoms with Gasteiger partial charge in [-0.15, -0.1) is 0 Å². The molecular weight excluding hydrogens is 376 g/mol. The molecule has 0 bridgehead atoms. The minimum atomic E-state index is -1.24. The number of nitrogens with zero attached hydrogens (tertiary/aromatic N) is 1. The lowest BCUT2D eigenvalue weighted by Gasteiger charge is -2.32. The number of allylic oxidation sites excluding steroid dienone is 1. The molecule has 8 nitrogen and oxygen atoms in total. The zero-order valence-corrected chi connectivity index (χ0v) is 17.0. The number of alkyl carbamates (subject to hydrolysis) is 1. The summed E-state index contributed by atoms with van der Waals surface area (Å²) in [7, 11) is 0. The summed E-state index contributed by atoms with van der Waals surface area (Å²) in [6.45, 7) is 6.39. The highest BCUT2D eigenvalue weighted by Crippen LogP contribution is 2.21. The molecule has 0 spiro atoms. The van der Waals surface area contributed by atoms with Crippen LogP contribution in [0.2, 0.25) is 0 Å². The topological polar surface area (TPSA) is 105 Å². The molecule has 1 saturated heterocycles. The van der Waals surface area contributed by atoms with Crippen LogP contribution in [0.15, 0.2) is 42.1 Å². The second-order valence-corrected chi connectivity index (χ2v) is 7.88. The van der Waals surface area contributed by atoms with Gasteiger partial charge in [0, 0.05) is 13.1 Å². The normalized spacial score (nSPS) is 15.6. The van der Waals surface area contributed by atoms with Crippen molar-refractivity contribution in [2.24, 2.45) is 5.92 Å². The minimum absolute atomic E-state index is 0.0495. The Balaban J connectivity index is 1.86. The Labute approximate surface area is 170 Å². The fourth-order valence-electron chi connectivity index (χ4n) is 2.85. The van der Waals surface area contributed by atoms with Gasteiger partial charge in [-0.05, 0) is 51.2 Å². The summed E-state index contributed by atoms with van der Waals surface area (Å²) in [5.41, 5.74) is 0.0192. The molecule has 0 aliphatic carbocycles. The number of aliphatic carboxylic acids is 1. The van der Waals surface area contributed by atoms with E-state index < -0.39 is 17.7 Å². The summed E-state index contributed by atoms with van der Waals surface area (Å²) in [6, 6.07) is 9.11. The van der Waals surface area contributed by atoms with E-state index in [1.165, 1.54) is 6.08 Å². The molecule has 1 aromatic rings. The van der Waals surface area contributed by atoms with Crippen LogP contribution < -0.4 is 5.32 Å². The number of carboxylic acid groups (broad SMARTS) is 1. The van der Waals surface area contributed by atoms with Crippen molar-refractivity contribution in [2.45, 2.75) is 45.8 Å². The number of carboxylic acids is 1. The van der Waals surface area contributed by atoms with Crippen molar-refractivity contribution in [3.63, 3.8) is 0 Å². The van der Waals surface area contributed by atoms with E-state index in [0.29, 0.717) is 25.9 Å². The standard InChI is InChI=1S/C21H28N2O6/c1-21(2,3)29-20(27)23-11-9-15(10-12-23)13-17(18(24)25)22-19(26)28-14-16-7-5-4-6-8-16/h4-8,13,15H,9-12,14H2,1-3H3,(H,22,26)(H,24,25). The summed E-state index contributed by atoms with van der Waals surface area (Å²) in [5, 5.41) is 11.7. The molecule has 1 aromatic carbocycles. The van der Waals surface area contributed by atoms with Crippen molar-refractivity contribution in [3.8, 4) is 0 Å². The fourth-order valence-corrected chi connectivity index (χ4v) is 2.85. The molecule has 2 amide bonds. The van der Waals surface area contributed by atoms with Gasteiger partial charge in [-0.1, -0.05) is 30.3 Å². The summed E-state index contributed by atoms with van der Waals surface area (Å²) >= 11 is 0. The first-order valence-electron chi connectivity index (χ1n) is 9.55. The van der Waals surface area contributed by atoms with E-state index in [1.54, 1.807) is 17.0 Å². The van der Waals surface area contributed by atoms with Crippen LogP contribution in [0.3, 0.4) is 0 Å². The number of rotatable bonds is 5. The third kappa shape index (κ3) is 7.85. The van der Waals surface area contributed by atoms with Crippen molar-refractivity contribution in [1.29, 1.82) is 0 Å². The van der Waals surface area contributed by atoms with Crippen molar-refractivity contribution in [3.05, 3.63) is 47.7 Å². The Morgan fingerprint density at radius 3 is 2.34 bits per heavy atom. The molecule has 0 radical (unpaired) electrons. The van der Waals surface area contributed by atoms with Crippen LogP contribution in [-0.4, -0.2) is 46.9 Å². The van der Waals surface area contributed by atoms with E-state index in [1.807, 2.05) is 39.0 Å². The first-order valence-corrected chi connectivity index (χ1v) is 9.55. The molecule has 8 heteroatoms. The highest BCUT2D eigenvalue weighted by molar-refractivity contribution is 5.90. The third-order valence-corrected chi connectivity index (χ3v) is 4.27. The van der Waals surface area contributed by atoms with Crippen LogP contribution in [0.4, 0.5) is 9.59 Å². The van der Waals surface area contributed by atoms with Crippen LogP contribution in [0, 0.1) is 5.92 Å². The minimum Gasteiger partial charge on any atom is -0.477 e. The SMILES string of the molecule is CC(C)(C)OC(=O)N1CCC(C=C(NC(=O)OCc2ccccc2)C(=O)O)CC1. The van der Waals surface area contributed by atoms with Gasteiger partial charge in [0.25, 0.3) is 0 Å². The van der Waals surface area contributed by atoms with Crippen molar-refractivity contribution in [2.75, 3.05) is 13.1 Å². The Morgan fingerprint density at radius 1 is 1.17 bits per heavy atom. The second kappa shape index (κ2) is 9.95. The van der Waals surface area contributed by atoms with Crippen molar-refractivity contribution < 1.29 is 29.0 Å². The third-order valence-electron chi connectivity index (χ3n) is 4.27. The largest absolute Gasteiger partial charge is 0.477 e. The van der Waals surface area contributed by atoms with Gasteiger partial charge in [-0.25, -0.2) is 14.4 Å². The maximum Gasteiger partial charge on any atom is 0.412 e. The number of ether oxygens (including phenoxy) is 2. The summed E-state index contributed by atoms with van der Waals surface area (Å²) in [5.74, 6) is -1.31. The van der Waals surface area contributed by atoms with Gasteiger partial charge in [-0.3, -0.25) is 5.32 Å². The van der Waals surface area contributed by atoms with E-state index in [0.717, 1.165) is 5.56 Å². The first kappa shape index (κ1) is 22.3. The van der Waals surface area contributed by atoms with Gasteiger partial charge in [0.2, 0.25) is 0 Å². The van der Waals surface area contributed by atoms with Gasteiger partial charge >= 0.3 is 18.2 Å². The molecule has 0 atom stereocenters. The number of amides is 2. The lowest BCUT2D eigenvalue weighted by molar-refractivity contribution is -0.133. The average molecular weight is 404 g/mol. The number of carbonyl (C=O) groups excluding carboxylic acids is 2. The number of carbonyl (C=O) groups is 3. The Kier molecular flexibility index (Phi) is 7.64. The van der Waals surface area contributed by atoms with Gasteiger partial charge in [0.15, 0.2) is 0 Å². The number of likely N-dealkylation sites (tertiary alicyclic amines) is 1. The molecule has 1 fully saturated rings. The molecule has 1 aliphatic rings. The van der Waals surface area contributed by atoms with Crippen LogP contribution in [-0.2, 0) is 20.9 Å². The average Bonchev–Trinajstić information content (AvgIpc) is 2.66. The molecule has 2 N–H and O–H groups in total. The molecule has 0 aromatic heterocycles. The van der Waals surface area contributed by atoms with Gasteiger partial charge in [0.05, 0.1) is 0 Å². The maximum atomic E-state index is 12.1. The Morgan fingerprint density at radius 2 is 1.79 bits per heavy atom. The highest BCUT2D eigenvalue weighted by atomic mass is 16.6. The van der Waals surface area contributed by atoms with E-state index >= 15 is 0 Å². The fraction of sp³-hybridized carbons (Fsp3) is 0.476. The highest BCUT2D eigenvalue weighted by Gasteiger charge is 2.27. The maximum absolute atomic E-state index is 12.1. The number of hydrogen-bond donors (Lipinski definition) is 2. The van der Waals surface area contributed by atoms with Crippen LogP contribution >= 0.6 is 0 Å². The quantitative estimate of drug-likeness (QED) is 0.728. The number of piperidine rings is 1. The molecule has 158 valence electrons. The zero-order chi connectivity index (χ0) is 21.4. The van der Waals surface area contributed by atoms with Crippen LogP contribution in [0.1, 0.15) is 39.2 Å². The van der Waals surface area contributed by atoms with Gasteiger partial charge in [0.1, 0.15) is 17.9 Å². The predicted octanol–water partition coefficient (Wildman–Crippen LogP) is 3.53. The lowest BCUT2D eigenvalue weighted by atomic mass is 9.96. The number of nitrogens with one attached hydrogen (secondary N) is 1. The Hall–Kier alpha value is -3.03. The van der Waals surface area contributed by atoms with Crippen molar-refractivity contribution in [1.82, 2.24) is 10.2 Å². The zero-order valence-electron chi connectivity index (χ0n) is 17.0. The van der Waals surface area contributed by atoms with E-state index in [4.69, 9.17) is 9.47 Å². The van der Waals surface area contributed by atoms with E-state index in [-0.39, 0.29) is 24.3 Å². The van der Waals surface area contributed by atoms with E-state index in [2.05, 4.69) is 5.32 Å². The molecule has 2 rings (SSSR count). The molecule has 1 heterocycles. The monoisotopic (exact) mass is 404 g/mol. The van der Waals surface area contributed by atoms with E-state index in [9.17, 15) is 19.5 Å². The molecule has 1 aliphatic heterocycles. The smallest absolute Gasteiger partial charge is 0.412 e. The van der Waals surface area contributed by atoms with Crippen molar-refractivity contribution >= 4 is 18.2 Å². The van der Waals surface area contributed by atoms with Crippen LogP contribution in [0.5, 0.6) is 0 Å². The van der Waals surface area contributed by atoms with Gasteiger partial charge in [-0.2, -0.15) is 0 Å². The number of hydrogen-bond acceptors (Lipinski definition) is 5.